The summed E-state index contributed by atoms with van der Waals surface area (Å²) in [6, 6.07) is 4.88. The van der Waals surface area contributed by atoms with Gasteiger partial charge < -0.3 is 5.32 Å². The Bertz CT molecular complexity index is 443. The molecule has 1 unspecified atom stereocenters. The van der Waals surface area contributed by atoms with Gasteiger partial charge in [0.2, 0.25) is 0 Å². The molecule has 1 saturated carbocycles. The van der Waals surface area contributed by atoms with Gasteiger partial charge in [-0.2, -0.15) is 0 Å². The monoisotopic (exact) mass is 313 g/mol. The topological polar surface area (TPSA) is 29.1 Å². The number of nitrogens with one attached hydrogen (secondary N) is 1. The number of carbonyl (C=O) groups is 1. The molecule has 2 rings (SSSR count). The molecule has 1 atom stereocenters. The summed E-state index contributed by atoms with van der Waals surface area (Å²) in [6.07, 6.45) is 4.77. The summed E-state index contributed by atoms with van der Waals surface area (Å²) in [5.74, 6) is -0.286. The van der Waals surface area contributed by atoms with E-state index < -0.39 is 5.82 Å². The van der Waals surface area contributed by atoms with Gasteiger partial charge in [0.25, 0.3) is 5.91 Å². The summed E-state index contributed by atoms with van der Waals surface area (Å²) < 4.78 is 14.1. The summed E-state index contributed by atoms with van der Waals surface area (Å²) in [5.41, 5.74) is 0.106. The van der Waals surface area contributed by atoms with Gasteiger partial charge in [0.05, 0.1) is 10.0 Å². The fourth-order valence-electron chi connectivity index (χ4n) is 2.54. The number of amides is 1. The smallest absolute Gasteiger partial charge is 0.254 e. The number of hydrogen-bond acceptors (Lipinski definition) is 1. The van der Waals surface area contributed by atoms with Gasteiger partial charge in [0.1, 0.15) is 5.82 Å². The van der Waals surface area contributed by atoms with Crippen LogP contribution in [0.2, 0.25) is 0 Å². The number of halogens is 2. The molecule has 4 heteroatoms. The number of hydrogen-bond donors (Lipinski definition) is 1. The highest BCUT2D eigenvalue weighted by atomic mass is 79.9. The van der Waals surface area contributed by atoms with Gasteiger partial charge in [-0.3, -0.25) is 4.79 Å². The van der Waals surface area contributed by atoms with Crippen molar-refractivity contribution in [2.45, 2.75) is 38.6 Å². The highest BCUT2D eigenvalue weighted by Gasteiger charge is 2.24. The van der Waals surface area contributed by atoms with Crippen molar-refractivity contribution in [3.05, 3.63) is 34.1 Å². The Hall–Kier alpha value is -0.900. The Morgan fingerprint density at radius 1 is 1.44 bits per heavy atom. The Balaban J connectivity index is 2.05. The SMILES string of the molecule is CC(NC(=O)c1cccc(Br)c1F)C1CCCC1. The van der Waals surface area contributed by atoms with Crippen LogP contribution in [0.25, 0.3) is 0 Å². The highest BCUT2D eigenvalue weighted by Crippen LogP contribution is 2.28. The molecule has 98 valence electrons. The largest absolute Gasteiger partial charge is 0.349 e. The predicted octanol–water partition coefficient (Wildman–Crippen LogP) is 3.90. The second kappa shape index (κ2) is 5.83. The van der Waals surface area contributed by atoms with E-state index in [-0.39, 0.29) is 17.5 Å². The van der Waals surface area contributed by atoms with Crippen molar-refractivity contribution in [3.63, 3.8) is 0 Å². The first-order valence-corrected chi connectivity index (χ1v) is 7.13. The number of rotatable bonds is 3. The van der Waals surface area contributed by atoms with E-state index in [1.54, 1.807) is 12.1 Å². The lowest BCUT2D eigenvalue weighted by Gasteiger charge is -2.20. The van der Waals surface area contributed by atoms with Crippen molar-refractivity contribution in [2.24, 2.45) is 5.92 Å². The minimum absolute atomic E-state index is 0.106. The molecule has 1 fully saturated rings. The van der Waals surface area contributed by atoms with E-state index in [4.69, 9.17) is 0 Å². The first kappa shape index (κ1) is 13.5. The molecular formula is C14H17BrFNO. The zero-order valence-corrected chi connectivity index (χ0v) is 12.0. The third-order valence-corrected chi connectivity index (χ3v) is 4.27. The normalized spacial score (nSPS) is 17.7. The highest BCUT2D eigenvalue weighted by molar-refractivity contribution is 9.10. The fraction of sp³-hybridized carbons (Fsp3) is 0.500. The maximum Gasteiger partial charge on any atom is 0.254 e. The summed E-state index contributed by atoms with van der Waals surface area (Å²) in [4.78, 5) is 12.0. The molecule has 0 radical (unpaired) electrons. The molecule has 2 nitrogen and oxygen atoms in total. The minimum atomic E-state index is -0.492. The predicted molar refractivity (Wildman–Crippen MR) is 73.0 cm³/mol. The van der Waals surface area contributed by atoms with Crippen molar-refractivity contribution >= 4 is 21.8 Å². The van der Waals surface area contributed by atoms with Crippen LogP contribution in [-0.4, -0.2) is 11.9 Å². The zero-order valence-electron chi connectivity index (χ0n) is 10.4. The summed E-state index contributed by atoms with van der Waals surface area (Å²) in [5, 5.41) is 2.91. The maximum atomic E-state index is 13.8. The Morgan fingerprint density at radius 3 is 2.78 bits per heavy atom. The van der Waals surface area contributed by atoms with Gasteiger partial charge in [-0.1, -0.05) is 18.9 Å². The lowest BCUT2D eigenvalue weighted by molar-refractivity contribution is 0.0923. The van der Waals surface area contributed by atoms with Gasteiger partial charge in [-0.05, 0) is 53.7 Å². The van der Waals surface area contributed by atoms with Crippen molar-refractivity contribution in [1.29, 1.82) is 0 Å². The van der Waals surface area contributed by atoms with Crippen LogP contribution in [0.4, 0.5) is 4.39 Å². The van der Waals surface area contributed by atoms with E-state index in [9.17, 15) is 9.18 Å². The fourth-order valence-corrected chi connectivity index (χ4v) is 2.91. The average Bonchev–Trinajstić information content (AvgIpc) is 2.86. The van der Waals surface area contributed by atoms with Crippen LogP contribution in [0.3, 0.4) is 0 Å². The minimum Gasteiger partial charge on any atom is -0.349 e. The molecule has 0 spiro atoms. The van der Waals surface area contributed by atoms with Crippen LogP contribution in [0, 0.1) is 11.7 Å². The van der Waals surface area contributed by atoms with Crippen molar-refractivity contribution in [2.75, 3.05) is 0 Å². The molecule has 18 heavy (non-hydrogen) atoms. The average molecular weight is 314 g/mol. The van der Waals surface area contributed by atoms with Crippen LogP contribution >= 0.6 is 15.9 Å². The van der Waals surface area contributed by atoms with Crippen LogP contribution < -0.4 is 5.32 Å². The maximum absolute atomic E-state index is 13.8. The van der Waals surface area contributed by atoms with Gasteiger partial charge in [0, 0.05) is 6.04 Å². The lowest BCUT2D eigenvalue weighted by Crippen LogP contribution is -2.37. The second-order valence-corrected chi connectivity index (χ2v) is 5.76. The molecule has 0 aromatic heterocycles. The van der Waals surface area contributed by atoms with Gasteiger partial charge in [0.15, 0.2) is 0 Å². The van der Waals surface area contributed by atoms with Gasteiger partial charge in [-0.25, -0.2) is 4.39 Å². The van der Waals surface area contributed by atoms with Gasteiger partial charge in [-0.15, -0.1) is 0 Å². The molecule has 0 aliphatic heterocycles. The third-order valence-electron chi connectivity index (χ3n) is 3.66. The molecule has 1 amide bonds. The Morgan fingerprint density at radius 2 is 2.11 bits per heavy atom. The first-order chi connectivity index (χ1) is 8.59. The van der Waals surface area contributed by atoms with Gasteiger partial charge >= 0.3 is 0 Å². The molecule has 1 aromatic rings. The van der Waals surface area contributed by atoms with E-state index >= 15 is 0 Å². The van der Waals surface area contributed by atoms with Crippen LogP contribution in [0.5, 0.6) is 0 Å². The van der Waals surface area contributed by atoms with E-state index in [1.807, 2.05) is 6.92 Å². The standard InChI is InChI=1S/C14H17BrFNO/c1-9(10-5-2-3-6-10)17-14(18)11-7-4-8-12(15)13(11)16/h4,7-10H,2-3,5-6H2,1H3,(H,17,18). The molecule has 0 bridgehead atoms. The molecule has 1 aromatic carbocycles. The first-order valence-electron chi connectivity index (χ1n) is 6.34. The molecule has 0 saturated heterocycles. The molecule has 1 aliphatic rings. The summed E-state index contributed by atoms with van der Waals surface area (Å²) in [6.45, 7) is 2.00. The molecular weight excluding hydrogens is 297 g/mol. The number of benzene rings is 1. The van der Waals surface area contributed by atoms with Crippen LogP contribution in [-0.2, 0) is 0 Å². The van der Waals surface area contributed by atoms with E-state index in [2.05, 4.69) is 21.2 Å². The van der Waals surface area contributed by atoms with Crippen molar-refractivity contribution < 1.29 is 9.18 Å². The molecule has 1 aliphatic carbocycles. The van der Waals surface area contributed by atoms with Crippen LogP contribution in [0.1, 0.15) is 43.0 Å². The third kappa shape index (κ3) is 2.91. The van der Waals surface area contributed by atoms with Crippen LogP contribution in [0.15, 0.2) is 22.7 Å². The number of carbonyl (C=O) groups excluding carboxylic acids is 1. The summed E-state index contributed by atoms with van der Waals surface area (Å²) >= 11 is 3.09. The van der Waals surface area contributed by atoms with E-state index in [1.165, 1.54) is 18.9 Å². The van der Waals surface area contributed by atoms with Crippen molar-refractivity contribution in [3.8, 4) is 0 Å². The molecule has 1 N–H and O–H groups in total. The van der Waals surface area contributed by atoms with E-state index in [0.29, 0.717) is 10.4 Å². The zero-order chi connectivity index (χ0) is 13.1. The molecule has 0 heterocycles. The van der Waals surface area contributed by atoms with Crippen molar-refractivity contribution in [1.82, 2.24) is 5.32 Å². The Labute approximate surface area is 115 Å². The lowest BCUT2D eigenvalue weighted by atomic mass is 9.99. The van der Waals surface area contributed by atoms with E-state index in [0.717, 1.165) is 12.8 Å². The quantitative estimate of drug-likeness (QED) is 0.901. The summed E-state index contributed by atoms with van der Waals surface area (Å²) in [7, 11) is 0. The Kier molecular flexibility index (Phi) is 4.38. The second-order valence-electron chi connectivity index (χ2n) is 4.91.